The van der Waals surface area contributed by atoms with Gasteiger partial charge in [0.05, 0.1) is 6.04 Å². The van der Waals surface area contributed by atoms with Crippen molar-refractivity contribution < 1.29 is 4.79 Å². The molecule has 2 aromatic rings. The standard InChI is InChI=1S/C15H20N4OS/c1-15(2,3)14-17-12(18-19-14)13(20)16-10-5-4-6-11-9(10)7-8-21-11/h7-8,10H,4-6H2,1-3H3,(H,16,20)(H,17,18,19). The quantitative estimate of drug-likeness (QED) is 0.896. The summed E-state index contributed by atoms with van der Waals surface area (Å²) in [5, 5.41) is 12.1. The van der Waals surface area contributed by atoms with E-state index in [0.717, 1.165) is 25.1 Å². The Labute approximate surface area is 128 Å². The number of carbonyl (C=O) groups excluding carboxylic acids is 1. The van der Waals surface area contributed by atoms with E-state index in [9.17, 15) is 4.79 Å². The van der Waals surface area contributed by atoms with E-state index in [1.807, 2.05) is 20.8 Å². The van der Waals surface area contributed by atoms with Crippen LogP contribution in [0.15, 0.2) is 11.4 Å². The summed E-state index contributed by atoms with van der Waals surface area (Å²) in [6, 6.07) is 2.20. The van der Waals surface area contributed by atoms with Gasteiger partial charge in [-0.2, -0.15) is 0 Å². The first-order valence-corrected chi connectivity index (χ1v) is 8.13. The minimum absolute atomic E-state index is 0.0871. The minimum Gasteiger partial charge on any atom is -0.342 e. The Hall–Kier alpha value is -1.69. The van der Waals surface area contributed by atoms with Crippen LogP contribution in [0.5, 0.6) is 0 Å². The number of carbonyl (C=O) groups is 1. The van der Waals surface area contributed by atoms with Gasteiger partial charge in [0.2, 0.25) is 5.82 Å². The highest BCUT2D eigenvalue weighted by atomic mass is 32.1. The van der Waals surface area contributed by atoms with Crippen molar-refractivity contribution in [2.24, 2.45) is 0 Å². The smallest absolute Gasteiger partial charge is 0.291 e. The van der Waals surface area contributed by atoms with Crippen molar-refractivity contribution in [2.75, 3.05) is 0 Å². The van der Waals surface area contributed by atoms with Gasteiger partial charge in [0.1, 0.15) is 5.82 Å². The number of H-pyrrole nitrogens is 1. The van der Waals surface area contributed by atoms with Gasteiger partial charge in [-0.3, -0.25) is 9.89 Å². The second-order valence-corrected chi connectivity index (χ2v) is 7.48. The van der Waals surface area contributed by atoms with Crippen LogP contribution in [0.2, 0.25) is 0 Å². The fraction of sp³-hybridized carbons (Fsp3) is 0.533. The summed E-state index contributed by atoms with van der Waals surface area (Å²) >= 11 is 1.77. The van der Waals surface area contributed by atoms with E-state index in [1.165, 1.54) is 10.4 Å². The van der Waals surface area contributed by atoms with E-state index in [-0.39, 0.29) is 23.2 Å². The molecule has 0 saturated carbocycles. The van der Waals surface area contributed by atoms with Gasteiger partial charge in [-0.05, 0) is 36.3 Å². The number of rotatable bonds is 2. The van der Waals surface area contributed by atoms with E-state index in [4.69, 9.17) is 0 Å². The lowest BCUT2D eigenvalue weighted by Crippen LogP contribution is -2.31. The Balaban J connectivity index is 1.75. The third-order valence-corrected chi connectivity index (χ3v) is 4.75. The number of thiophene rings is 1. The molecular formula is C15H20N4OS. The van der Waals surface area contributed by atoms with Crippen molar-refractivity contribution in [3.63, 3.8) is 0 Å². The molecule has 21 heavy (non-hydrogen) atoms. The number of fused-ring (bicyclic) bond motifs is 1. The molecule has 1 unspecified atom stereocenters. The minimum atomic E-state index is -0.203. The highest BCUT2D eigenvalue weighted by Crippen LogP contribution is 2.33. The average molecular weight is 304 g/mol. The predicted octanol–water partition coefficient (Wildman–Crippen LogP) is 2.97. The number of aryl methyl sites for hydroxylation is 1. The molecule has 2 heterocycles. The SMILES string of the molecule is CC(C)(C)c1nc(C(=O)NC2CCCc3sccc32)n[nH]1. The molecular weight excluding hydrogens is 284 g/mol. The number of hydrogen-bond acceptors (Lipinski definition) is 4. The highest BCUT2D eigenvalue weighted by molar-refractivity contribution is 7.10. The Morgan fingerprint density at radius 3 is 3.00 bits per heavy atom. The zero-order valence-electron chi connectivity index (χ0n) is 12.6. The van der Waals surface area contributed by atoms with Gasteiger partial charge in [0.25, 0.3) is 5.91 Å². The Kier molecular flexibility index (Phi) is 3.57. The van der Waals surface area contributed by atoms with E-state index in [1.54, 1.807) is 11.3 Å². The van der Waals surface area contributed by atoms with E-state index < -0.39 is 0 Å². The molecule has 5 nitrogen and oxygen atoms in total. The van der Waals surface area contributed by atoms with Crippen molar-refractivity contribution in [1.29, 1.82) is 0 Å². The van der Waals surface area contributed by atoms with E-state index in [0.29, 0.717) is 0 Å². The van der Waals surface area contributed by atoms with E-state index in [2.05, 4.69) is 31.9 Å². The van der Waals surface area contributed by atoms with Crippen LogP contribution in [0.4, 0.5) is 0 Å². The van der Waals surface area contributed by atoms with Crippen LogP contribution in [-0.4, -0.2) is 21.1 Å². The first kappa shape index (κ1) is 14.3. The molecule has 0 spiro atoms. The largest absolute Gasteiger partial charge is 0.342 e. The summed E-state index contributed by atoms with van der Waals surface area (Å²) < 4.78 is 0. The number of amides is 1. The zero-order valence-corrected chi connectivity index (χ0v) is 13.4. The molecule has 0 saturated heterocycles. The molecule has 0 radical (unpaired) electrons. The maximum Gasteiger partial charge on any atom is 0.291 e. The van der Waals surface area contributed by atoms with Gasteiger partial charge in [-0.15, -0.1) is 16.4 Å². The van der Waals surface area contributed by atoms with E-state index >= 15 is 0 Å². The first-order chi connectivity index (χ1) is 9.95. The fourth-order valence-corrected chi connectivity index (χ4v) is 3.55. The monoisotopic (exact) mass is 304 g/mol. The molecule has 2 aromatic heterocycles. The molecule has 1 atom stereocenters. The summed E-state index contributed by atoms with van der Waals surface area (Å²) in [6.45, 7) is 6.11. The van der Waals surface area contributed by atoms with Gasteiger partial charge < -0.3 is 5.32 Å². The maximum absolute atomic E-state index is 12.3. The van der Waals surface area contributed by atoms with Gasteiger partial charge in [-0.25, -0.2) is 4.98 Å². The number of hydrogen-bond donors (Lipinski definition) is 2. The van der Waals surface area contributed by atoms with Gasteiger partial charge in [-0.1, -0.05) is 20.8 Å². The predicted molar refractivity (Wildman–Crippen MR) is 82.5 cm³/mol. The molecule has 2 N–H and O–H groups in total. The lowest BCUT2D eigenvalue weighted by molar-refractivity contribution is 0.0922. The topological polar surface area (TPSA) is 70.7 Å². The zero-order chi connectivity index (χ0) is 15.0. The van der Waals surface area contributed by atoms with Gasteiger partial charge >= 0.3 is 0 Å². The van der Waals surface area contributed by atoms with Crippen LogP contribution in [0.3, 0.4) is 0 Å². The molecule has 1 aliphatic rings. The van der Waals surface area contributed by atoms with Crippen molar-refractivity contribution >= 4 is 17.2 Å². The summed E-state index contributed by atoms with van der Waals surface area (Å²) in [4.78, 5) is 18.0. The number of aromatic amines is 1. The first-order valence-electron chi connectivity index (χ1n) is 7.25. The average Bonchev–Trinajstić information content (AvgIpc) is 3.07. The summed E-state index contributed by atoms with van der Waals surface area (Å²) in [6.07, 6.45) is 3.21. The number of aromatic nitrogens is 3. The third kappa shape index (κ3) is 2.85. The summed E-state index contributed by atoms with van der Waals surface area (Å²) in [5.74, 6) is 0.751. The summed E-state index contributed by atoms with van der Waals surface area (Å²) in [5.41, 5.74) is 1.11. The molecule has 0 fully saturated rings. The van der Waals surface area contributed by atoms with Crippen LogP contribution >= 0.6 is 11.3 Å². The lowest BCUT2D eigenvalue weighted by Gasteiger charge is -2.23. The molecule has 0 aromatic carbocycles. The normalized spacial score (nSPS) is 18.3. The second kappa shape index (κ2) is 5.26. The second-order valence-electron chi connectivity index (χ2n) is 6.48. The van der Waals surface area contributed by atoms with Crippen molar-refractivity contribution in [2.45, 2.75) is 51.5 Å². The molecule has 1 amide bonds. The Morgan fingerprint density at radius 1 is 1.48 bits per heavy atom. The lowest BCUT2D eigenvalue weighted by atomic mass is 9.94. The number of nitrogens with zero attached hydrogens (tertiary/aromatic N) is 2. The van der Waals surface area contributed by atoms with Gasteiger partial charge in [0.15, 0.2) is 0 Å². The molecule has 0 aliphatic heterocycles. The van der Waals surface area contributed by atoms with Crippen LogP contribution < -0.4 is 5.32 Å². The highest BCUT2D eigenvalue weighted by Gasteiger charge is 2.26. The van der Waals surface area contributed by atoms with Crippen LogP contribution in [-0.2, 0) is 11.8 Å². The summed E-state index contributed by atoms with van der Waals surface area (Å²) in [7, 11) is 0. The fourth-order valence-electron chi connectivity index (χ4n) is 2.56. The Morgan fingerprint density at radius 2 is 2.29 bits per heavy atom. The molecule has 1 aliphatic carbocycles. The van der Waals surface area contributed by atoms with Crippen molar-refractivity contribution in [1.82, 2.24) is 20.5 Å². The molecule has 6 heteroatoms. The molecule has 3 rings (SSSR count). The molecule has 112 valence electrons. The Bertz CT molecular complexity index is 653. The van der Waals surface area contributed by atoms with Crippen LogP contribution in [0.25, 0.3) is 0 Å². The van der Waals surface area contributed by atoms with Crippen LogP contribution in [0.1, 0.15) is 66.5 Å². The van der Waals surface area contributed by atoms with Gasteiger partial charge in [0, 0.05) is 10.3 Å². The third-order valence-electron chi connectivity index (χ3n) is 3.76. The van der Waals surface area contributed by atoms with Crippen LogP contribution in [0, 0.1) is 0 Å². The van der Waals surface area contributed by atoms with Crippen molar-refractivity contribution in [3.8, 4) is 0 Å². The number of nitrogens with one attached hydrogen (secondary N) is 2. The molecule has 0 bridgehead atoms. The maximum atomic E-state index is 12.3. The van der Waals surface area contributed by atoms with Crippen molar-refractivity contribution in [3.05, 3.63) is 33.5 Å².